The van der Waals surface area contributed by atoms with Crippen molar-refractivity contribution in [3.63, 3.8) is 0 Å². The smallest absolute Gasteiger partial charge is 0.156 e. The lowest BCUT2D eigenvalue weighted by Crippen LogP contribution is -2.32. The van der Waals surface area contributed by atoms with Crippen molar-refractivity contribution in [1.29, 1.82) is 5.26 Å². The second-order valence-electron chi connectivity index (χ2n) is 17.3. The Kier molecular flexibility index (Phi) is 7.61. The number of rotatable bonds is 4. The molecule has 3 aromatic heterocycles. The molecule has 9 aromatic carbocycles. The van der Waals surface area contributed by atoms with Crippen LogP contribution in [0.4, 0.5) is 0 Å². The molecule has 0 unspecified atom stereocenters. The predicted octanol–water partition coefficient (Wildman–Crippen LogP) is 15.0. The average Bonchev–Trinajstić information content (AvgIpc) is 4.00. The minimum atomic E-state index is -0.740. The first-order chi connectivity index (χ1) is 32.7. The van der Waals surface area contributed by atoms with E-state index in [4.69, 9.17) is 4.74 Å². The maximum atomic E-state index is 11.0. The normalized spacial score (nSPS) is 13.1. The Balaban J connectivity index is 1.06. The van der Waals surface area contributed by atoms with Crippen LogP contribution >= 0.6 is 0 Å². The van der Waals surface area contributed by atoms with E-state index in [1.165, 1.54) is 44.1 Å². The molecule has 0 N–H and O–H groups in total. The van der Waals surface area contributed by atoms with E-state index >= 15 is 0 Å². The second-order valence-corrected chi connectivity index (χ2v) is 17.3. The van der Waals surface area contributed by atoms with Gasteiger partial charge in [-0.2, -0.15) is 5.26 Å². The Morgan fingerprint density at radius 1 is 0.409 bits per heavy atom. The fourth-order valence-corrected chi connectivity index (χ4v) is 11.5. The molecule has 0 fully saturated rings. The van der Waals surface area contributed by atoms with Gasteiger partial charge >= 0.3 is 0 Å². The topological polar surface area (TPSA) is 55.8 Å². The molecule has 0 radical (unpaired) electrons. The number of benzene rings is 9. The first-order valence-electron chi connectivity index (χ1n) is 22.4. The molecule has 1 aliphatic carbocycles. The van der Waals surface area contributed by atoms with Gasteiger partial charge in [0.05, 0.1) is 44.4 Å². The molecule has 0 saturated carbocycles. The van der Waals surface area contributed by atoms with Gasteiger partial charge in [-0.25, -0.2) is 0 Å². The Bertz CT molecular complexity index is 3960. The second kappa shape index (κ2) is 13.8. The van der Waals surface area contributed by atoms with Crippen molar-refractivity contribution in [2.45, 2.75) is 5.41 Å². The lowest BCUT2D eigenvalue weighted by Gasteiger charge is -2.41. The number of para-hydroxylation sites is 5. The van der Waals surface area contributed by atoms with E-state index in [1.54, 1.807) is 6.20 Å². The van der Waals surface area contributed by atoms with Gasteiger partial charge in [-0.1, -0.05) is 158 Å². The van der Waals surface area contributed by atoms with Crippen molar-refractivity contribution in [2.24, 2.45) is 0 Å². The zero-order valence-corrected chi connectivity index (χ0v) is 35.5. The van der Waals surface area contributed by atoms with Crippen LogP contribution in [0.15, 0.2) is 219 Å². The molecule has 306 valence electrons. The zero-order valence-electron chi connectivity index (χ0n) is 35.5. The van der Waals surface area contributed by atoms with Gasteiger partial charge in [0, 0.05) is 61.2 Å². The number of aromatic nitrogens is 3. The Morgan fingerprint density at radius 3 is 1.61 bits per heavy atom. The standard InChI is InChI=1S/C61H36N4O/c62-37-48-39(21-13-22-42(48)53-28-11-12-35-63-53)46-23-14-26-51-59(46)66-60-52(61(51)49-24-6-1-16-40(49)41-17-2-7-25-50(41)61)27-15-32-58(60)65-56-31-10-5-20-45(56)47-36-38(33-34-57(47)65)64-54-29-8-3-18-43(54)44-19-4-9-30-55(44)64/h1-36H. The summed E-state index contributed by atoms with van der Waals surface area (Å²) in [6, 6.07) is 78.1. The molecule has 14 rings (SSSR count). The lowest BCUT2D eigenvalue weighted by molar-refractivity contribution is 0.436. The van der Waals surface area contributed by atoms with E-state index in [0.29, 0.717) is 5.56 Å². The van der Waals surface area contributed by atoms with Crippen molar-refractivity contribution in [1.82, 2.24) is 14.1 Å². The zero-order chi connectivity index (χ0) is 43.5. The summed E-state index contributed by atoms with van der Waals surface area (Å²) in [5.41, 5.74) is 16.4. The number of pyridine rings is 1. The summed E-state index contributed by atoms with van der Waals surface area (Å²) in [7, 11) is 0. The number of nitrogens with zero attached hydrogens (tertiary/aromatic N) is 4. The summed E-state index contributed by atoms with van der Waals surface area (Å²) in [4.78, 5) is 4.67. The van der Waals surface area contributed by atoms with Crippen LogP contribution in [0.5, 0.6) is 11.5 Å². The fourth-order valence-electron chi connectivity index (χ4n) is 11.5. The Morgan fingerprint density at radius 2 is 0.924 bits per heavy atom. The molecule has 66 heavy (non-hydrogen) atoms. The number of nitriles is 1. The van der Waals surface area contributed by atoms with Gasteiger partial charge in [0.25, 0.3) is 0 Å². The van der Waals surface area contributed by atoms with Crippen LogP contribution in [0.1, 0.15) is 27.8 Å². The van der Waals surface area contributed by atoms with Crippen LogP contribution in [0.25, 0.3) is 88.5 Å². The van der Waals surface area contributed by atoms with E-state index in [9.17, 15) is 5.26 Å². The van der Waals surface area contributed by atoms with Crippen LogP contribution in [0.2, 0.25) is 0 Å². The number of ether oxygens (including phenoxy) is 1. The van der Waals surface area contributed by atoms with Gasteiger partial charge in [0.15, 0.2) is 5.75 Å². The quantitative estimate of drug-likeness (QED) is 0.177. The number of hydrogen-bond donors (Lipinski definition) is 0. The van der Waals surface area contributed by atoms with E-state index < -0.39 is 5.41 Å². The SMILES string of the molecule is N#Cc1c(-c2ccccn2)cccc1-c1cccc2c1Oc1c(-n3c4ccccc4c4cc(-n5c6ccccc6c6ccccc65)ccc43)cccc1C21c2ccccc2-c2ccccc21. The molecule has 0 amide bonds. The summed E-state index contributed by atoms with van der Waals surface area (Å²) in [5.74, 6) is 1.51. The van der Waals surface area contributed by atoms with Gasteiger partial charge < -0.3 is 13.9 Å². The summed E-state index contributed by atoms with van der Waals surface area (Å²) in [5, 5.41) is 15.8. The molecule has 2 aliphatic rings. The first-order valence-corrected chi connectivity index (χ1v) is 22.4. The summed E-state index contributed by atoms with van der Waals surface area (Å²) >= 11 is 0. The number of fused-ring (bicyclic) bond motifs is 15. The summed E-state index contributed by atoms with van der Waals surface area (Å²) < 4.78 is 12.4. The third kappa shape index (κ3) is 4.79. The fraction of sp³-hybridized carbons (Fsp3) is 0.0164. The van der Waals surface area contributed by atoms with E-state index in [-0.39, 0.29) is 0 Å². The molecule has 0 bridgehead atoms. The van der Waals surface area contributed by atoms with Crippen LogP contribution < -0.4 is 4.74 Å². The van der Waals surface area contributed by atoms with Crippen molar-refractivity contribution >= 4 is 43.6 Å². The van der Waals surface area contributed by atoms with Crippen molar-refractivity contribution in [3.05, 3.63) is 246 Å². The molecule has 12 aromatic rings. The van der Waals surface area contributed by atoms with Crippen molar-refractivity contribution < 1.29 is 4.74 Å². The highest BCUT2D eigenvalue weighted by Crippen LogP contribution is 2.64. The molecule has 1 spiro atoms. The molecule has 0 atom stereocenters. The predicted molar refractivity (Wildman–Crippen MR) is 266 cm³/mol. The molecular weight excluding hydrogens is 805 g/mol. The highest BCUT2D eigenvalue weighted by Gasteiger charge is 2.52. The van der Waals surface area contributed by atoms with Gasteiger partial charge in [-0.3, -0.25) is 4.98 Å². The summed E-state index contributed by atoms with van der Waals surface area (Å²) in [6.07, 6.45) is 1.77. The van der Waals surface area contributed by atoms with E-state index in [0.717, 1.165) is 78.2 Å². The number of hydrogen-bond acceptors (Lipinski definition) is 3. The van der Waals surface area contributed by atoms with Crippen LogP contribution in [-0.4, -0.2) is 14.1 Å². The monoisotopic (exact) mass is 840 g/mol. The average molecular weight is 841 g/mol. The third-order valence-corrected chi connectivity index (χ3v) is 14.1. The van der Waals surface area contributed by atoms with Crippen LogP contribution in [-0.2, 0) is 5.41 Å². The minimum absolute atomic E-state index is 0.551. The maximum absolute atomic E-state index is 11.0. The van der Waals surface area contributed by atoms with Gasteiger partial charge in [-0.05, 0) is 76.9 Å². The van der Waals surface area contributed by atoms with Crippen molar-refractivity contribution in [3.8, 4) is 62.5 Å². The van der Waals surface area contributed by atoms with E-state index in [2.05, 4.69) is 196 Å². The molecule has 4 heterocycles. The van der Waals surface area contributed by atoms with Crippen molar-refractivity contribution in [2.75, 3.05) is 0 Å². The van der Waals surface area contributed by atoms with Gasteiger partial charge in [-0.15, -0.1) is 0 Å². The highest BCUT2D eigenvalue weighted by molar-refractivity contribution is 6.12. The largest absolute Gasteiger partial charge is 0.454 e. The Labute approximate surface area is 380 Å². The van der Waals surface area contributed by atoms with Crippen LogP contribution in [0.3, 0.4) is 0 Å². The Hall–Kier alpha value is -8.98. The maximum Gasteiger partial charge on any atom is 0.156 e. The third-order valence-electron chi connectivity index (χ3n) is 14.1. The molecule has 5 nitrogen and oxygen atoms in total. The molecule has 5 heteroatoms. The van der Waals surface area contributed by atoms with Gasteiger partial charge in [0.1, 0.15) is 11.8 Å². The first kappa shape index (κ1) is 36.5. The molecule has 1 aliphatic heterocycles. The van der Waals surface area contributed by atoms with Crippen LogP contribution in [0, 0.1) is 11.3 Å². The lowest BCUT2D eigenvalue weighted by atomic mass is 9.65. The van der Waals surface area contributed by atoms with E-state index in [1.807, 2.05) is 36.4 Å². The molecule has 0 saturated heterocycles. The molecular formula is C61H36N4O. The van der Waals surface area contributed by atoms with Gasteiger partial charge in [0.2, 0.25) is 0 Å². The minimum Gasteiger partial charge on any atom is -0.454 e. The highest BCUT2D eigenvalue weighted by atomic mass is 16.5. The summed E-state index contributed by atoms with van der Waals surface area (Å²) in [6.45, 7) is 0.